The van der Waals surface area contributed by atoms with E-state index in [4.69, 9.17) is 10.7 Å². The van der Waals surface area contributed by atoms with E-state index in [0.717, 1.165) is 17.8 Å². The highest BCUT2D eigenvalue weighted by molar-refractivity contribution is 8.15. The number of amides is 1. The van der Waals surface area contributed by atoms with E-state index in [9.17, 15) is 13.2 Å². The summed E-state index contributed by atoms with van der Waals surface area (Å²) in [5.41, 5.74) is 0.859. The number of rotatable bonds is 5. The van der Waals surface area contributed by atoms with Crippen LogP contribution in [0.5, 0.6) is 0 Å². The molecule has 0 N–H and O–H groups in total. The highest BCUT2D eigenvalue weighted by Crippen LogP contribution is 2.30. The Balaban J connectivity index is 3.18. The molecule has 0 spiro atoms. The van der Waals surface area contributed by atoms with Crippen molar-refractivity contribution in [3.63, 3.8) is 0 Å². The molecule has 0 aliphatic rings. The Kier molecular flexibility index (Phi) is 5.41. The van der Waals surface area contributed by atoms with E-state index >= 15 is 0 Å². The van der Waals surface area contributed by atoms with Gasteiger partial charge in [-0.25, -0.2) is 8.42 Å². The third-order valence-corrected chi connectivity index (χ3v) is 6.48. The number of carbonyl (C=O) groups is 1. The second-order valence-electron chi connectivity index (χ2n) is 4.35. The average molecular weight is 324 g/mol. The molecule has 1 amide bonds. The third-order valence-electron chi connectivity index (χ3n) is 3.17. The predicted octanol–water partition coefficient (Wildman–Crippen LogP) is 3.24. The van der Waals surface area contributed by atoms with Gasteiger partial charge >= 0.3 is 0 Å². The van der Waals surface area contributed by atoms with Crippen LogP contribution in [0.4, 0.5) is 0 Å². The molecule has 1 heterocycles. The molecule has 19 heavy (non-hydrogen) atoms. The summed E-state index contributed by atoms with van der Waals surface area (Å²) in [6.45, 7) is 8.10. The van der Waals surface area contributed by atoms with Gasteiger partial charge in [0.25, 0.3) is 15.0 Å². The molecule has 108 valence electrons. The maximum Gasteiger partial charge on any atom is 0.271 e. The lowest BCUT2D eigenvalue weighted by molar-refractivity contribution is 0.0699. The van der Waals surface area contributed by atoms with Crippen LogP contribution in [0.1, 0.15) is 43.1 Å². The van der Waals surface area contributed by atoms with E-state index in [1.54, 1.807) is 17.2 Å². The minimum Gasteiger partial charge on any atom is -0.336 e. The third kappa shape index (κ3) is 3.49. The highest BCUT2D eigenvalue weighted by atomic mass is 35.7. The average Bonchev–Trinajstić information content (AvgIpc) is 2.71. The van der Waals surface area contributed by atoms with Gasteiger partial charge in [0.1, 0.15) is 4.21 Å². The van der Waals surface area contributed by atoms with Crippen LogP contribution in [-0.4, -0.2) is 31.8 Å². The molecule has 4 nitrogen and oxygen atoms in total. The minimum atomic E-state index is -3.78. The first-order valence-electron chi connectivity index (χ1n) is 6.07. The number of thiophene rings is 1. The summed E-state index contributed by atoms with van der Waals surface area (Å²) in [5.74, 6) is -0.142. The molecule has 0 saturated carbocycles. The van der Waals surface area contributed by atoms with E-state index in [1.807, 2.05) is 20.8 Å². The van der Waals surface area contributed by atoms with Crippen LogP contribution in [0.25, 0.3) is 0 Å². The van der Waals surface area contributed by atoms with Crippen molar-refractivity contribution in [1.82, 2.24) is 4.90 Å². The molecule has 0 bridgehead atoms. The van der Waals surface area contributed by atoms with Crippen LogP contribution in [0.3, 0.4) is 0 Å². The standard InChI is InChI=1S/C12H18ClNO3S2/c1-5-8(3)14(6-2)11(15)10-7-18-12(9(10)4)19(13,16)17/h7-8H,5-6H2,1-4H3. The fraction of sp³-hybridized carbons (Fsp3) is 0.583. The monoisotopic (exact) mass is 323 g/mol. The number of hydrogen-bond donors (Lipinski definition) is 0. The predicted molar refractivity (Wildman–Crippen MR) is 78.6 cm³/mol. The quantitative estimate of drug-likeness (QED) is 0.782. The summed E-state index contributed by atoms with van der Waals surface area (Å²) in [6.07, 6.45) is 0.851. The summed E-state index contributed by atoms with van der Waals surface area (Å²) in [5, 5.41) is 1.57. The highest BCUT2D eigenvalue weighted by Gasteiger charge is 2.26. The fourth-order valence-electron chi connectivity index (χ4n) is 1.88. The van der Waals surface area contributed by atoms with Gasteiger partial charge in [0.15, 0.2) is 0 Å². The Bertz CT molecular complexity index is 566. The van der Waals surface area contributed by atoms with Crippen molar-refractivity contribution in [1.29, 1.82) is 0 Å². The zero-order chi connectivity index (χ0) is 14.8. The summed E-state index contributed by atoms with van der Waals surface area (Å²) < 4.78 is 22.8. The molecule has 0 aliphatic carbocycles. The lowest BCUT2D eigenvalue weighted by Gasteiger charge is -2.27. The van der Waals surface area contributed by atoms with Crippen molar-refractivity contribution >= 4 is 37.0 Å². The van der Waals surface area contributed by atoms with Crippen LogP contribution >= 0.6 is 22.0 Å². The lowest BCUT2D eigenvalue weighted by atomic mass is 10.1. The second-order valence-corrected chi connectivity index (χ2v) is 7.99. The maximum absolute atomic E-state index is 12.4. The molecule has 1 aromatic rings. The zero-order valence-electron chi connectivity index (χ0n) is 11.4. The molecule has 0 aliphatic heterocycles. The molecule has 1 atom stereocenters. The van der Waals surface area contributed by atoms with E-state index in [0.29, 0.717) is 17.7 Å². The lowest BCUT2D eigenvalue weighted by Crippen LogP contribution is -2.38. The molecule has 0 saturated heterocycles. The van der Waals surface area contributed by atoms with E-state index in [2.05, 4.69) is 0 Å². The van der Waals surface area contributed by atoms with E-state index in [-0.39, 0.29) is 16.2 Å². The topological polar surface area (TPSA) is 54.5 Å². The molecule has 0 radical (unpaired) electrons. The Morgan fingerprint density at radius 1 is 1.47 bits per heavy atom. The van der Waals surface area contributed by atoms with Gasteiger partial charge in [-0.15, -0.1) is 11.3 Å². The molecule has 1 unspecified atom stereocenters. The first-order valence-corrected chi connectivity index (χ1v) is 9.26. The van der Waals surface area contributed by atoms with Crippen LogP contribution in [-0.2, 0) is 9.05 Å². The van der Waals surface area contributed by atoms with Gasteiger partial charge in [-0.2, -0.15) is 0 Å². The Hall–Kier alpha value is -0.590. The van der Waals surface area contributed by atoms with Crippen molar-refractivity contribution in [2.24, 2.45) is 0 Å². The van der Waals surface area contributed by atoms with Crippen molar-refractivity contribution in [2.45, 2.75) is 44.4 Å². The van der Waals surface area contributed by atoms with E-state index in [1.165, 1.54) is 0 Å². The van der Waals surface area contributed by atoms with Gasteiger partial charge in [0.05, 0.1) is 5.56 Å². The summed E-state index contributed by atoms with van der Waals surface area (Å²) in [7, 11) is 1.56. The van der Waals surface area contributed by atoms with Crippen LogP contribution in [0, 0.1) is 6.92 Å². The normalized spacial score (nSPS) is 13.3. The fourth-order valence-corrected chi connectivity index (χ4v) is 4.42. The van der Waals surface area contributed by atoms with Crippen LogP contribution in [0.15, 0.2) is 9.59 Å². The van der Waals surface area contributed by atoms with Gasteiger partial charge in [0, 0.05) is 28.6 Å². The smallest absolute Gasteiger partial charge is 0.271 e. The summed E-state index contributed by atoms with van der Waals surface area (Å²) >= 11 is 0.991. The van der Waals surface area contributed by atoms with Gasteiger partial charge in [-0.1, -0.05) is 6.92 Å². The molecular formula is C12H18ClNO3S2. The first kappa shape index (κ1) is 16.5. The van der Waals surface area contributed by atoms with Crippen LogP contribution in [0.2, 0.25) is 0 Å². The Labute approximate surface area is 122 Å². The second kappa shape index (κ2) is 6.24. The molecule has 0 fully saturated rings. The Morgan fingerprint density at radius 3 is 2.42 bits per heavy atom. The van der Waals surface area contributed by atoms with Crippen molar-refractivity contribution < 1.29 is 13.2 Å². The zero-order valence-corrected chi connectivity index (χ0v) is 13.8. The van der Waals surface area contributed by atoms with Gasteiger partial charge in [0.2, 0.25) is 0 Å². The maximum atomic E-state index is 12.4. The molecule has 1 rings (SSSR count). The first-order chi connectivity index (χ1) is 8.73. The van der Waals surface area contributed by atoms with E-state index < -0.39 is 9.05 Å². The van der Waals surface area contributed by atoms with Crippen LogP contribution < -0.4 is 0 Å². The Morgan fingerprint density at radius 2 is 2.05 bits per heavy atom. The number of halogens is 1. The van der Waals surface area contributed by atoms with Crippen molar-refractivity contribution in [3.05, 3.63) is 16.5 Å². The summed E-state index contributed by atoms with van der Waals surface area (Å²) in [4.78, 5) is 14.2. The largest absolute Gasteiger partial charge is 0.336 e. The SMILES string of the molecule is CCC(C)N(CC)C(=O)c1csc(S(=O)(=O)Cl)c1C. The molecular weight excluding hydrogens is 306 g/mol. The minimum absolute atomic E-state index is 0.0534. The van der Waals surface area contributed by atoms with Gasteiger partial charge in [-0.05, 0) is 32.8 Å². The number of carbonyl (C=O) groups excluding carboxylic acids is 1. The van der Waals surface area contributed by atoms with Crippen molar-refractivity contribution in [3.8, 4) is 0 Å². The van der Waals surface area contributed by atoms with Gasteiger partial charge < -0.3 is 4.90 Å². The summed E-state index contributed by atoms with van der Waals surface area (Å²) in [6, 6.07) is 0.118. The number of nitrogens with zero attached hydrogens (tertiary/aromatic N) is 1. The van der Waals surface area contributed by atoms with Crippen molar-refractivity contribution in [2.75, 3.05) is 6.54 Å². The number of hydrogen-bond acceptors (Lipinski definition) is 4. The molecule has 1 aromatic heterocycles. The molecule has 7 heteroatoms. The van der Waals surface area contributed by atoms with Gasteiger partial charge in [-0.3, -0.25) is 4.79 Å². The molecule has 0 aromatic carbocycles.